The zero-order chi connectivity index (χ0) is 36.3. The Morgan fingerprint density at radius 3 is 2.66 bits per heavy atom. The first-order valence-electron chi connectivity index (χ1n) is 17.4. The molecule has 4 rings (SSSR count). The van der Waals surface area contributed by atoms with Crippen molar-refractivity contribution in [2.24, 2.45) is 5.92 Å². The normalized spacial score (nSPS) is 31.0. The van der Waals surface area contributed by atoms with Gasteiger partial charge in [-0.3, -0.25) is 14.4 Å². The Labute approximate surface area is 303 Å². The highest BCUT2D eigenvalue weighted by atomic mass is 33.1. The lowest BCUT2D eigenvalue weighted by atomic mass is 9.87. The van der Waals surface area contributed by atoms with E-state index in [2.05, 4.69) is 23.3 Å². The third kappa shape index (κ3) is 12.8. The summed E-state index contributed by atoms with van der Waals surface area (Å²) in [4.78, 5) is 40.5. The topological polar surface area (TPSA) is 146 Å². The zero-order valence-corrected chi connectivity index (χ0v) is 31.5. The number of hydrogen-bond acceptors (Lipinski definition) is 12. The summed E-state index contributed by atoms with van der Waals surface area (Å²) in [6, 6.07) is 5.64. The van der Waals surface area contributed by atoms with Gasteiger partial charge in [-0.25, -0.2) is 4.98 Å². The molecule has 1 spiro atoms. The molecule has 11 nitrogen and oxygen atoms in total. The van der Waals surface area contributed by atoms with E-state index < -0.39 is 36.0 Å². The highest BCUT2D eigenvalue weighted by Gasteiger charge is 2.58. The molecule has 0 aromatic carbocycles. The molecule has 2 N–H and O–H groups in total. The minimum absolute atomic E-state index is 0.0582. The fraction of sp³-hybridized carbons (Fsp3) is 0.622. The second-order valence-corrected chi connectivity index (χ2v) is 16.2. The molecule has 3 fully saturated rings. The number of epoxide rings is 1. The minimum Gasteiger partial charge on any atom is -0.464 e. The van der Waals surface area contributed by atoms with Crippen molar-refractivity contribution in [3.05, 3.63) is 60.3 Å². The Morgan fingerprint density at radius 2 is 1.96 bits per heavy atom. The summed E-state index contributed by atoms with van der Waals surface area (Å²) in [5.41, 5.74) is 0.346. The van der Waals surface area contributed by atoms with Crippen LogP contribution in [0.5, 0.6) is 0 Å². The number of nitrogens with zero attached hydrogens (tertiary/aromatic N) is 1. The monoisotopic (exact) mass is 732 g/mol. The lowest BCUT2D eigenvalue weighted by Crippen LogP contribution is -2.50. The Hall–Kier alpha value is -2.68. The van der Waals surface area contributed by atoms with Gasteiger partial charge in [0, 0.05) is 30.9 Å². The standard InChI is InChI=1S/C37H52N2O9S2/c1-23(10-9-11-31-24(2)18-30(27(5)47-31)39-33(41)16-14-25(3)46-28(6)40)13-15-32-36(43)37(22-45-37)20-29(48-32)19-35(42)44-21-26(4)49-50-34-12-7-8-17-38-34/h7-8,10,12-17,24-27,29-32,36,43H,9,11,18-22H2,1-6H3,(H,39,41)/b15-13+,16-14-,23-10+/t24-,25-,26+,27+,29+,30+,31-,32+,36+,37+/m0/s1. The van der Waals surface area contributed by atoms with E-state index in [-0.39, 0.29) is 54.3 Å². The molecule has 1 aromatic heterocycles. The van der Waals surface area contributed by atoms with Crippen molar-refractivity contribution in [3.63, 3.8) is 0 Å². The van der Waals surface area contributed by atoms with Crippen molar-refractivity contribution in [2.45, 2.75) is 132 Å². The molecule has 3 aliphatic rings. The molecule has 50 heavy (non-hydrogen) atoms. The lowest BCUT2D eigenvalue weighted by Gasteiger charge is -2.39. The highest BCUT2D eigenvalue weighted by molar-refractivity contribution is 8.76. The molecular formula is C37H52N2O9S2. The van der Waals surface area contributed by atoms with Crippen LogP contribution in [-0.4, -0.2) is 94.7 Å². The van der Waals surface area contributed by atoms with Gasteiger partial charge >= 0.3 is 11.9 Å². The van der Waals surface area contributed by atoms with Crippen LogP contribution in [0, 0.1) is 5.92 Å². The van der Waals surface area contributed by atoms with Crippen LogP contribution < -0.4 is 5.32 Å². The van der Waals surface area contributed by atoms with Crippen molar-refractivity contribution in [1.29, 1.82) is 0 Å². The fourth-order valence-corrected chi connectivity index (χ4v) is 8.01. The van der Waals surface area contributed by atoms with Crippen LogP contribution in [0.4, 0.5) is 0 Å². The van der Waals surface area contributed by atoms with Crippen LogP contribution in [0.2, 0.25) is 0 Å². The van der Waals surface area contributed by atoms with Gasteiger partial charge < -0.3 is 34.1 Å². The predicted octanol–water partition coefficient (Wildman–Crippen LogP) is 5.52. The number of amides is 1. The van der Waals surface area contributed by atoms with E-state index in [0.29, 0.717) is 13.0 Å². The maximum absolute atomic E-state index is 12.7. The number of rotatable bonds is 16. The number of pyridine rings is 1. The van der Waals surface area contributed by atoms with Crippen molar-refractivity contribution >= 4 is 39.4 Å². The van der Waals surface area contributed by atoms with Gasteiger partial charge in [-0.15, -0.1) is 0 Å². The molecule has 0 saturated carbocycles. The quantitative estimate of drug-likeness (QED) is 0.0726. The van der Waals surface area contributed by atoms with Crippen molar-refractivity contribution in [1.82, 2.24) is 10.3 Å². The van der Waals surface area contributed by atoms with Gasteiger partial charge in [0.2, 0.25) is 5.91 Å². The van der Waals surface area contributed by atoms with Gasteiger partial charge in [0.25, 0.3) is 0 Å². The predicted molar refractivity (Wildman–Crippen MR) is 193 cm³/mol. The Kier molecular flexibility index (Phi) is 15.4. The van der Waals surface area contributed by atoms with Gasteiger partial charge in [-0.05, 0) is 81.9 Å². The van der Waals surface area contributed by atoms with Gasteiger partial charge in [0.15, 0.2) is 0 Å². The third-order valence-corrected chi connectivity index (χ3v) is 11.7. The molecule has 0 bridgehead atoms. The van der Waals surface area contributed by atoms with E-state index in [1.165, 1.54) is 13.0 Å². The van der Waals surface area contributed by atoms with E-state index in [0.717, 1.165) is 29.9 Å². The molecule has 1 amide bonds. The average molecular weight is 733 g/mol. The summed E-state index contributed by atoms with van der Waals surface area (Å²) in [6.45, 7) is 11.9. The summed E-state index contributed by atoms with van der Waals surface area (Å²) < 4.78 is 28.7. The molecule has 0 radical (unpaired) electrons. The van der Waals surface area contributed by atoms with Crippen LogP contribution in [-0.2, 0) is 38.1 Å². The zero-order valence-electron chi connectivity index (χ0n) is 29.8. The van der Waals surface area contributed by atoms with Crippen LogP contribution in [0.25, 0.3) is 0 Å². The van der Waals surface area contributed by atoms with E-state index in [1.54, 1.807) is 40.8 Å². The number of ether oxygens (including phenoxy) is 5. The summed E-state index contributed by atoms with van der Waals surface area (Å²) in [7, 11) is 3.15. The first-order valence-corrected chi connectivity index (χ1v) is 19.6. The molecule has 3 saturated heterocycles. The Morgan fingerprint density at radius 1 is 1.18 bits per heavy atom. The summed E-state index contributed by atoms with van der Waals surface area (Å²) in [5.74, 6) is -0.717. The fourth-order valence-electron chi connectivity index (χ4n) is 6.14. The largest absolute Gasteiger partial charge is 0.464 e. The maximum Gasteiger partial charge on any atom is 0.308 e. The van der Waals surface area contributed by atoms with E-state index in [1.807, 2.05) is 51.1 Å². The molecule has 276 valence electrons. The lowest BCUT2D eigenvalue weighted by molar-refractivity contribution is -0.159. The van der Waals surface area contributed by atoms with E-state index in [4.69, 9.17) is 23.7 Å². The molecule has 4 heterocycles. The van der Waals surface area contributed by atoms with Crippen LogP contribution >= 0.6 is 21.6 Å². The molecule has 0 aliphatic carbocycles. The first-order chi connectivity index (χ1) is 23.8. The minimum atomic E-state index is -0.821. The highest BCUT2D eigenvalue weighted by Crippen LogP contribution is 2.43. The molecular weight excluding hydrogens is 681 g/mol. The van der Waals surface area contributed by atoms with E-state index in [9.17, 15) is 19.5 Å². The van der Waals surface area contributed by atoms with Crippen LogP contribution in [0.3, 0.4) is 0 Å². The number of esters is 2. The van der Waals surface area contributed by atoms with Crippen LogP contribution in [0.1, 0.15) is 73.6 Å². The average Bonchev–Trinajstić information content (AvgIpc) is 3.85. The molecule has 0 unspecified atom stereocenters. The first kappa shape index (κ1) is 40.1. The molecule has 3 aliphatic heterocycles. The number of carbonyl (C=O) groups is 3. The van der Waals surface area contributed by atoms with Crippen molar-refractivity contribution in [2.75, 3.05) is 13.2 Å². The number of nitrogens with one attached hydrogen (secondary N) is 1. The summed E-state index contributed by atoms with van der Waals surface area (Å²) >= 11 is 0. The van der Waals surface area contributed by atoms with Gasteiger partial charge in [-0.2, -0.15) is 0 Å². The van der Waals surface area contributed by atoms with Gasteiger partial charge in [0.1, 0.15) is 35.5 Å². The summed E-state index contributed by atoms with van der Waals surface area (Å²) in [5, 5.41) is 15.0. The Bertz CT molecular complexity index is 1370. The number of aliphatic hydroxyl groups excluding tert-OH is 1. The number of allylic oxidation sites excluding steroid dienone is 3. The smallest absolute Gasteiger partial charge is 0.308 e. The van der Waals surface area contributed by atoms with E-state index >= 15 is 0 Å². The number of carbonyl (C=O) groups excluding carboxylic acids is 3. The summed E-state index contributed by atoms with van der Waals surface area (Å²) in [6.07, 6.45) is 11.2. The Balaban J connectivity index is 1.19. The van der Waals surface area contributed by atoms with Gasteiger partial charge in [0.05, 0.1) is 37.4 Å². The number of aliphatic hydroxyl groups is 1. The molecule has 10 atom stereocenters. The van der Waals surface area contributed by atoms with Crippen molar-refractivity contribution in [3.8, 4) is 0 Å². The number of aromatic nitrogens is 1. The molecule has 13 heteroatoms. The SMILES string of the molecule is CC(=O)O[C@@H](C)/C=C\C(=O)N[C@@H]1C[C@H](C)[C@H](CC/C=C(C)/C=C/[C@H]2O[C@H](CC(=O)OC[C@@H](C)SSc3ccccn3)C[C@@]3(CO3)[C@@H]2O)O[C@@H]1C. The molecule has 1 aromatic rings. The maximum atomic E-state index is 12.7. The second kappa shape index (κ2) is 19.2. The number of hydrogen-bond donors (Lipinski definition) is 2. The van der Waals surface area contributed by atoms with Crippen molar-refractivity contribution < 1.29 is 43.2 Å². The third-order valence-electron chi connectivity index (χ3n) is 8.98. The van der Waals surface area contributed by atoms with Crippen LogP contribution in [0.15, 0.2) is 65.4 Å². The van der Waals surface area contributed by atoms with Gasteiger partial charge in [-0.1, -0.05) is 47.6 Å². The second-order valence-electron chi connectivity index (χ2n) is 13.5.